The molecule has 0 radical (unpaired) electrons. The molecule has 0 saturated heterocycles. The monoisotopic (exact) mass is 379 g/mol. The maximum absolute atomic E-state index is 12.1. The summed E-state index contributed by atoms with van der Waals surface area (Å²) in [6.07, 6.45) is 3.19. The second-order valence-corrected chi connectivity index (χ2v) is 5.64. The molecule has 0 aliphatic rings. The van der Waals surface area contributed by atoms with Crippen LogP contribution in [-0.4, -0.2) is 45.8 Å². The summed E-state index contributed by atoms with van der Waals surface area (Å²) in [4.78, 5) is 20.3. The number of hydrogen-bond acceptors (Lipinski definition) is 8. The lowest BCUT2D eigenvalue weighted by molar-refractivity contribution is 0.0954. The van der Waals surface area contributed by atoms with Gasteiger partial charge in [-0.1, -0.05) is 6.07 Å². The number of pyridine rings is 2. The lowest BCUT2D eigenvalue weighted by atomic mass is 10.2. The fourth-order valence-electron chi connectivity index (χ4n) is 2.28. The molecule has 1 amide bonds. The van der Waals surface area contributed by atoms with E-state index in [9.17, 15) is 4.79 Å². The van der Waals surface area contributed by atoms with Crippen molar-refractivity contribution in [2.45, 2.75) is 6.92 Å². The highest BCUT2D eigenvalue weighted by molar-refractivity contribution is 5.93. The molecule has 0 aliphatic heterocycles. The predicted molar refractivity (Wildman–Crippen MR) is 106 cm³/mol. The van der Waals surface area contributed by atoms with E-state index < -0.39 is 0 Å². The first-order valence-electron chi connectivity index (χ1n) is 8.87. The SMILES string of the molecule is CCOc1ccc(C(=O)NCCNc2ccc(Nc3ccccn3)nn2)cn1. The van der Waals surface area contributed by atoms with Crippen LogP contribution in [0, 0.1) is 0 Å². The summed E-state index contributed by atoms with van der Waals surface area (Å²) in [6, 6.07) is 12.5. The third-order valence-electron chi connectivity index (χ3n) is 3.59. The van der Waals surface area contributed by atoms with Crippen molar-refractivity contribution < 1.29 is 9.53 Å². The molecule has 0 unspecified atom stereocenters. The zero-order chi connectivity index (χ0) is 19.6. The van der Waals surface area contributed by atoms with Gasteiger partial charge in [0.25, 0.3) is 5.91 Å². The Morgan fingerprint density at radius 1 is 0.964 bits per heavy atom. The first kappa shape index (κ1) is 19.0. The van der Waals surface area contributed by atoms with Crippen LogP contribution in [0.4, 0.5) is 17.5 Å². The van der Waals surface area contributed by atoms with Gasteiger partial charge in [0.15, 0.2) is 5.82 Å². The first-order valence-corrected chi connectivity index (χ1v) is 8.87. The molecule has 3 rings (SSSR count). The fourth-order valence-corrected chi connectivity index (χ4v) is 2.28. The third kappa shape index (κ3) is 5.63. The van der Waals surface area contributed by atoms with E-state index in [1.807, 2.05) is 25.1 Å². The van der Waals surface area contributed by atoms with Gasteiger partial charge >= 0.3 is 0 Å². The van der Waals surface area contributed by atoms with Gasteiger partial charge in [0, 0.05) is 31.5 Å². The summed E-state index contributed by atoms with van der Waals surface area (Å²) in [5, 5.41) is 17.2. The molecule has 0 aromatic carbocycles. The number of nitrogens with zero attached hydrogens (tertiary/aromatic N) is 4. The number of hydrogen-bond donors (Lipinski definition) is 3. The minimum absolute atomic E-state index is 0.196. The van der Waals surface area contributed by atoms with Crippen LogP contribution in [0.15, 0.2) is 54.9 Å². The van der Waals surface area contributed by atoms with Crippen LogP contribution in [0.5, 0.6) is 5.88 Å². The van der Waals surface area contributed by atoms with E-state index in [4.69, 9.17) is 4.74 Å². The second-order valence-electron chi connectivity index (χ2n) is 5.64. The fraction of sp³-hybridized carbons (Fsp3) is 0.211. The lowest BCUT2D eigenvalue weighted by Crippen LogP contribution is -2.29. The topological polar surface area (TPSA) is 114 Å². The Bertz CT molecular complexity index is 871. The summed E-state index contributed by atoms with van der Waals surface area (Å²) in [7, 11) is 0. The van der Waals surface area contributed by atoms with Crippen molar-refractivity contribution in [2.24, 2.45) is 0 Å². The van der Waals surface area contributed by atoms with Gasteiger partial charge in [-0.2, -0.15) is 0 Å². The van der Waals surface area contributed by atoms with Crippen molar-refractivity contribution in [3.63, 3.8) is 0 Å². The van der Waals surface area contributed by atoms with Gasteiger partial charge in [0.1, 0.15) is 11.6 Å². The highest BCUT2D eigenvalue weighted by Crippen LogP contribution is 2.11. The Labute approximate surface area is 162 Å². The van der Waals surface area contributed by atoms with Gasteiger partial charge in [0.2, 0.25) is 5.88 Å². The highest BCUT2D eigenvalue weighted by Gasteiger charge is 2.06. The number of carbonyl (C=O) groups excluding carboxylic acids is 1. The van der Waals surface area contributed by atoms with Gasteiger partial charge in [-0.15, -0.1) is 10.2 Å². The van der Waals surface area contributed by atoms with Crippen LogP contribution in [0.3, 0.4) is 0 Å². The van der Waals surface area contributed by atoms with Crippen LogP contribution in [0.2, 0.25) is 0 Å². The maximum Gasteiger partial charge on any atom is 0.252 e. The van der Waals surface area contributed by atoms with E-state index in [-0.39, 0.29) is 5.91 Å². The molecule has 9 heteroatoms. The van der Waals surface area contributed by atoms with E-state index in [1.54, 1.807) is 30.5 Å². The lowest BCUT2D eigenvalue weighted by Gasteiger charge is -2.08. The van der Waals surface area contributed by atoms with Crippen LogP contribution in [0.25, 0.3) is 0 Å². The number of amides is 1. The minimum Gasteiger partial charge on any atom is -0.478 e. The van der Waals surface area contributed by atoms with Crippen molar-refractivity contribution in [1.29, 1.82) is 0 Å². The molecule has 144 valence electrons. The molecule has 0 aliphatic carbocycles. The van der Waals surface area contributed by atoms with Gasteiger partial charge in [0.05, 0.1) is 12.2 Å². The van der Waals surface area contributed by atoms with Gasteiger partial charge in [-0.3, -0.25) is 4.79 Å². The molecular formula is C19H21N7O2. The Kier molecular flexibility index (Phi) is 6.67. The molecule has 0 saturated carbocycles. The molecule has 3 aromatic heterocycles. The summed E-state index contributed by atoms with van der Waals surface area (Å²) in [6.45, 7) is 3.36. The summed E-state index contributed by atoms with van der Waals surface area (Å²) >= 11 is 0. The maximum atomic E-state index is 12.1. The molecule has 0 atom stereocenters. The quantitative estimate of drug-likeness (QED) is 0.485. The molecule has 3 N–H and O–H groups in total. The molecule has 0 bridgehead atoms. The number of rotatable bonds is 9. The van der Waals surface area contributed by atoms with E-state index >= 15 is 0 Å². The molecule has 3 aromatic rings. The molecule has 0 fully saturated rings. The predicted octanol–water partition coefficient (Wildman–Crippen LogP) is 2.25. The average molecular weight is 379 g/mol. The summed E-state index contributed by atoms with van der Waals surface area (Å²) in [5.41, 5.74) is 0.480. The molecule has 3 heterocycles. The Balaban J connectivity index is 1.40. The highest BCUT2D eigenvalue weighted by atomic mass is 16.5. The van der Waals surface area contributed by atoms with Crippen molar-refractivity contribution in [3.8, 4) is 5.88 Å². The van der Waals surface area contributed by atoms with Crippen LogP contribution in [-0.2, 0) is 0 Å². The van der Waals surface area contributed by atoms with Gasteiger partial charge in [-0.25, -0.2) is 9.97 Å². The van der Waals surface area contributed by atoms with Crippen LogP contribution in [0.1, 0.15) is 17.3 Å². The Morgan fingerprint density at radius 3 is 2.50 bits per heavy atom. The largest absolute Gasteiger partial charge is 0.478 e. The molecule has 0 spiro atoms. The molecule has 28 heavy (non-hydrogen) atoms. The van der Waals surface area contributed by atoms with Crippen LogP contribution < -0.4 is 20.7 Å². The number of carbonyl (C=O) groups is 1. The van der Waals surface area contributed by atoms with E-state index in [0.717, 1.165) is 0 Å². The summed E-state index contributed by atoms with van der Waals surface area (Å²) in [5.74, 6) is 2.21. The van der Waals surface area contributed by atoms with Crippen molar-refractivity contribution >= 4 is 23.4 Å². The normalized spacial score (nSPS) is 10.2. The van der Waals surface area contributed by atoms with Gasteiger partial charge in [-0.05, 0) is 37.3 Å². The molecule has 9 nitrogen and oxygen atoms in total. The second kappa shape index (κ2) is 9.81. The number of nitrogens with one attached hydrogen (secondary N) is 3. The van der Waals surface area contributed by atoms with Crippen molar-refractivity contribution in [3.05, 3.63) is 60.4 Å². The number of aromatic nitrogens is 4. The summed E-state index contributed by atoms with van der Waals surface area (Å²) < 4.78 is 5.26. The van der Waals surface area contributed by atoms with E-state index in [1.165, 1.54) is 6.20 Å². The standard InChI is InChI=1S/C19H21N7O2/c1-2-28-18-9-6-14(13-23-18)19(27)22-12-11-21-16-7-8-17(26-25-16)24-15-5-3-4-10-20-15/h3-10,13H,2,11-12H2,1H3,(H,21,25)(H,22,27)(H,20,24,26). The van der Waals surface area contributed by atoms with Crippen molar-refractivity contribution in [2.75, 3.05) is 30.3 Å². The Morgan fingerprint density at radius 2 is 1.82 bits per heavy atom. The zero-order valence-electron chi connectivity index (χ0n) is 15.4. The van der Waals surface area contributed by atoms with E-state index in [2.05, 4.69) is 36.1 Å². The van der Waals surface area contributed by atoms with E-state index in [0.29, 0.717) is 48.6 Å². The van der Waals surface area contributed by atoms with Crippen LogP contribution >= 0.6 is 0 Å². The number of anilines is 3. The molecular weight excluding hydrogens is 358 g/mol. The first-order chi connectivity index (χ1) is 13.7. The smallest absolute Gasteiger partial charge is 0.252 e. The van der Waals surface area contributed by atoms with Crippen molar-refractivity contribution in [1.82, 2.24) is 25.5 Å². The average Bonchev–Trinajstić information content (AvgIpc) is 2.74. The minimum atomic E-state index is -0.196. The van der Waals surface area contributed by atoms with Gasteiger partial charge < -0.3 is 20.7 Å². The Hall–Kier alpha value is -3.75. The third-order valence-corrected chi connectivity index (χ3v) is 3.59. The zero-order valence-corrected chi connectivity index (χ0v) is 15.4. The number of ether oxygens (including phenoxy) is 1.